The first-order valence-corrected chi connectivity index (χ1v) is 6.69. The molecule has 2 heteroatoms. The highest BCUT2D eigenvalue weighted by Crippen LogP contribution is 2.48. The Morgan fingerprint density at radius 2 is 2.38 bits per heavy atom. The summed E-state index contributed by atoms with van der Waals surface area (Å²) in [5, 5.41) is 9.93. The molecule has 0 bridgehead atoms. The number of fused-ring (bicyclic) bond motifs is 1. The molecule has 88 valence electrons. The molecule has 0 saturated heterocycles. The Morgan fingerprint density at radius 3 is 3.19 bits per heavy atom. The molecule has 1 N–H and O–H groups in total. The third kappa shape index (κ3) is 1.60. The first-order chi connectivity index (χ1) is 7.81. The zero-order valence-electron chi connectivity index (χ0n) is 10.0. The molecule has 3 unspecified atom stereocenters. The predicted molar refractivity (Wildman–Crippen MR) is 64.4 cm³/mol. The first-order valence-electron chi connectivity index (χ1n) is 6.69. The Hall–Kier alpha value is -0.760. The summed E-state index contributed by atoms with van der Waals surface area (Å²) in [6.07, 6.45) is 9.27. The Morgan fingerprint density at radius 1 is 1.50 bits per heavy atom. The number of rotatable bonds is 3. The van der Waals surface area contributed by atoms with E-state index in [4.69, 9.17) is 0 Å². The van der Waals surface area contributed by atoms with Crippen LogP contribution in [0.2, 0.25) is 0 Å². The van der Waals surface area contributed by atoms with Gasteiger partial charge in [-0.3, -0.25) is 0 Å². The maximum Gasteiger partial charge on any atom is 0.0807 e. The van der Waals surface area contributed by atoms with Gasteiger partial charge in [-0.1, -0.05) is 13.3 Å². The molecular formula is C14H21NO. The lowest BCUT2D eigenvalue weighted by Crippen LogP contribution is -2.11. The molecule has 0 amide bonds. The lowest BCUT2D eigenvalue weighted by atomic mass is 9.95. The number of nitrogens with zero attached hydrogens (tertiary/aromatic N) is 1. The smallest absolute Gasteiger partial charge is 0.0807 e. The number of aliphatic hydroxyl groups is 1. The summed E-state index contributed by atoms with van der Waals surface area (Å²) in [7, 11) is 0. The van der Waals surface area contributed by atoms with E-state index in [2.05, 4.69) is 23.8 Å². The SMILES string of the molecule is CCCC1CC1n1ccc2c1CCCC2O. The Bertz CT molecular complexity index is 382. The average molecular weight is 219 g/mol. The van der Waals surface area contributed by atoms with E-state index >= 15 is 0 Å². The van der Waals surface area contributed by atoms with Crippen LogP contribution in [-0.4, -0.2) is 9.67 Å². The third-order valence-corrected chi connectivity index (χ3v) is 4.21. The van der Waals surface area contributed by atoms with Gasteiger partial charge in [0.1, 0.15) is 0 Å². The fraction of sp³-hybridized carbons (Fsp3) is 0.714. The summed E-state index contributed by atoms with van der Waals surface area (Å²) in [6.45, 7) is 2.27. The normalized spacial score (nSPS) is 32.5. The van der Waals surface area contributed by atoms with Crippen LogP contribution in [0.4, 0.5) is 0 Å². The minimum Gasteiger partial charge on any atom is -0.388 e. The number of hydrogen-bond donors (Lipinski definition) is 1. The van der Waals surface area contributed by atoms with Crippen molar-refractivity contribution in [3.8, 4) is 0 Å². The van der Waals surface area contributed by atoms with Crippen molar-refractivity contribution in [1.82, 2.24) is 4.57 Å². The van der Waals surface area contributed by atoms with Gasteiger partial charge in [-0.25, -0.2) is 0 Å². The van der Waals surface area contributed by atoms with Gasteiger partial charge >= 0.3 is 0 Å². The van der Waals surface area contributed by atoms with E-state index in [1.807, 2.05) is 0 Å². The minimum atomic E-state index is -0.201. The summed E-state index contributed by atoms with van der Waals surface area (Å²) in [5.41, 5.74) is 2.62. The predicted octanol–water partition coefficient (Wildman–Crippen LogP) is 3.22. The van der Waals surface area contributed by atoms with Crippen molar-refractivity contribution in [2.45, 2.75) is 57.6 Å². The topological polar surface area (TPSA) is 25.2 Å². The molecule has 1 aromatic rings. The summed E-state index contributed by atoms with van der Waals surface area (Å²) < 4.78 is 2.46. The summed E-state index contributed by atoms with van der Waals surface area (Å²) in [4.78, 5) is 0. The monoisotopic (exact) mass is 219 g/mol. The van der Waals surface area contributed by atoms with Crippen molar-refractivity contribution in [2.24, 2.45) is 5.92 Å². The van der Waals surface area contributed by atoms with E-state index in [0.29, 0.717) is 0 Å². The second-order valence-electron chi connectivity index (χ2n) is 5.38. The first kappa shape index (κ1) is 10.4. The fourth-order valence-electron chi connectivity index (χ4n) is 3.26. The van der Waals surface area contributed by atoms with Gasteiger partial charge in [0.25, 0.3) is 0 Å². The van der Waals surface area contributed by atoms with Gasteiger partial charge in [-0.2, -0.15) is 0 Å². The Labute approximate surface area is 97.3 Å². The van der Waals surface area contributed by atoms with E-state index in [-0.39, 0.29) is 6.10 Å². The van der Waals surface area contributed by atoms with Crippen LogP contribution >= 0.6 is 0 Å². The van der Waals surface area contributed by atoms with E-state index in [1.54, 1.807) is 0 Å². The minimum absolute atomic E-state index is 0.201. The standard InChI is InChI=1S/C14H21NO/c1-2-4-10-9-13(10)15-8-7-11-12(15)5-3-6-14(11)16/h7-8,10,13-14,16H,2-6,9H2,1H3. The summed E-state index contributed by atoms with van der Waals surface area (Å²) in [6, 6.07) is 2.88. The van der Waals surface area contributed by atoms with Gasteiger partial charge in [0.05, 0.1) is 6.10 Å². The van der Waals surface area contributed by atoms with Crippen LogP contribution in [0.3, 0.4) is 0 Å². The zero-order chi connectivity index (χ0) is 11.1. The Balaban J connectivity index is 1.82. The molecule has 1 heterocycles. The molecule has 16 heavy (non-hydrogen) atoms. The fourth-order valence-corrected chi connectivity index (χ4v) is 3.26. The highest BCUT2D eigenvalue weighted by atomic mass is 16.3. The molecule has 1 saturated carbocycles. The molecule has 1 aromatic heterocycles. The Kier molecular flexibility index (Phi) is 2.55. The van der Waals surface area contributed by atoms with Gasteiger partial charge in [0.15, 0.2) is 0 Å². The lowest BCUT2D eigenvalue weighted by molar-refractivity contribution is 0.155. The highest BCUT2D eigenvalue weighted by Gasteiger charge is 2.39. The second kappa shape index (κ2) is 3.92. The van der Waals surface area contributed by atoms with Gasteiger partial charge in [-0.15, -0.1) is 0 Å². The summed E-state index contributed by atoms with van der Waals surface area (Å²) >= 11 is 0. The number of aliphatic hydroxyl groups excluding tert-OH is 1. The van der Waals surface area contributed by atoms with Gasteiger partial charge < -0.3 is 9.67 Å². The van der Waals surface area contributed by atoms with Gasteiger partial charge in [0, 0.05) is 23.5 Å². The molecule has 0 aliphatic heterocycles. The largest absolute Gasteiger partial charge is 0.388 e. The molecule has 0 radical (unpaired) electrons. The van der Waals surface area contributed by atoms with Crippen LogP contribution in [0, 0.1) is 5.92 Å². The maximum absolute atomic E-state index is 9.93. The van der Waals surface area contributed by atoms with E-state index in [0.717, 1.165) is 31.2 Å². The van der Waals surface area contributed by atoms with Crippen molar-refractivity contribution in [3.05, 3.63) is 23.5 Å². The number of hydrogen-bond acceptors (Lipinski definition) is 1. The molecule has 0 aromatic carbocycles. The maximum atomic E-state index is 9.93. The van der Waals surface area contributed by atoms with Crippen LogP contribution in [0.5, 0.6) is 0 Å². The van der Waals surface area contributed by atoms with Gasteiger partial charge in [-0.05, 0) is 44.1 Å². The zero-order valence-corrected chi connectivity index (χ0v) is 10.0. The molecular weight excluding hydrogens is 198 g/mol. The molecule has 3 rings (SSSR count). The quantitative estimate of drug-likeness (QED) is 0.829. The van der Waals surface area contributed by atoms with Crippen LogP contribution in [0.1, 0.15) is 62.4 Å². The molecule has 0 spiro atoms. The number of aromatic nitrogens is 1. The average Bonchev–Trinajstić information content (AvgIpc) is 2.89. The van der Waals surface area contributed by atoms with Gasteiger partial charge in [0.2, 0.25) is 0 Å². The van der Waals surface area contributed by atoms with E-state index in [9.17, 15) is 5.11 Å². The van der Waals surface area contributed by atoms with Crippen molar-refractivity contribution in [2.75, 3.05) is 0 Å². The van der Waals surface area contributed by atoms with Crippen molar-refractivity contribution < 1.29 is 5.11 Å². The molecule has 2 aliphatic rings. The van der Waals surface area contributed by atoms with Crippen LogP contribution in [0.15, 0.2) is 12.3 Å². The van der Waals surface area contributed by atoms with Crippen LogP contribution < -0.4 is 0 Å². The summed E-state index contributed by atoms with van der Waals surface area (Å²) in [5.74, 6) is 0.903. The van der Waals surface area contributed by atoms with Crippen molar-refractivity contribution in [1.29, 1.82) is 0 Å². The molecule has 3 atom stereocenters. The second-order valence-corrected chi connectivity index (χ2v) is 5.38. The molecule has 2 aliphatic carbocycles. The van der Waals surface area contributed by atoms with Crippen molar-refractivity contribution >= 4 is 0 Å². The third-order valence-electron chi connectivity index (χ3n) is 4.21. The lowest BCUT2D eigenvalue weighted by Gasteiger charge is -2.20. The van der Waals surface area contributed by atoms with E-state index < -0.39 is 0 Å². The molecule has 1 fully saturated rings. The van der Waals surface area contributed by atoms with Crippen molar-refractivity contribution in [3.63, 3.8) is 0 Å². The van der Waals surface area contributed by atoms with Crippen LogP contribution in [-0.2, 0) is 6.42 Å². The van der Waals surface area contributed by atoms with Crippen LogP contribution in [0.25, 0.3) is 0 Å². The van der Waals surface area contributed by atoms with E-state index in [1.165, 1.54) is 30.5 Å². The molecule has 2 nitrogen and oxygen atoms in total. The highest BCUT2D eigenvalue weighted by molar-refractivity contribution is 5.29.